The number of carbonyl (C=O) groups is 2. The number of hydrogen-bond donors (Lipinski definition) is 2. The van der Waals surface area contributed by atoms with Crippen LogP contribution in [0.4, 0.5) is 11.4 Å². The minimum Gasteiger partial charge on any atom is -0.495 e. The fraction of sp³-hybridized carbons (Fsp3) is 0.0909. The van der Waals surface area contributed by atoms with Crippen molar-refractivity contribution >= 4 is 46.6 Å². The third-order valence-electron chi connectivity index (χ3n) is 4.56. The van der Waals surface area contributed by atoms with Crippen LogP contribution in [0.5, 0.6) is 11.5 Å². The fourth-order valence-electron chi connectivity index (χ4n) is 3.06. The minimum absolute atomic E-state index is 0.210. The van der Waals surface area contributed by atoms with E-state index in [4.69, 9.17) is 21.1 Å². The number of rotatable bonds is 4. The van der Waals surface area contributed by atoms with Gasteiger partial charge in [-0.1, -0.05) is 35.5 Å². The van der Waals surface area contributed by atoms with Crippen molar-refractivity contribution in [1.82, 2.24) is 0 Å². The molecule has 0 radical (unpaired) electrons. The van der Waals surface area contributed by atoms with E-state index in [1.54, 1.807) is 30.3 Å². The molecule has 3 aromatic carbocycles. The van der Waals surface area contributed by atoms with Crippen molar-refractivity contribution in [2.45, 2.75) is 9.79 Å². The minimum atomic E-state index is -0.363. The van der Waals surface area contributed by atoms with Crippen LogP contribution in [0.25, 0.3) is 0 Å². The van der Waals surface area contributed by atoms with E-state index in [-0.39, 0.29) is 11.8 Å². The monoisotopic (exact) mass is 440 g/mol. The summed E-state index contributed by atoms with van der Waals surface area (Å²) in [5.41, 5.74) is 1.97. The number of ether oxygens (including phenoxy) is 2. The number of amides is 2. The molecule has 4 rings (SSSR count). The molecule has 2 N–H and O–H groups in total. The maximum Gasteiger partial charge on any atom is 0.256 e. The molecule has 0 spiro atoms. The Bertz CT molecular complexity index is 1170. The molecule has 0 saturated carbocycles. The lowest BCUT2D eigenvalue weighted by molar-refractivity contribution is 0.101. The predicted octanol–water partition coefficient (Wildman–Crippen LogP) is 5.33. The van der Waals surface area contributed by atoms with Gasteiger partial charge in [-0.15, -0.1) is 0 Å². The molecule has 1 aliphatic rings. The van der Waals surface area contributed by atoms with E-state index in [1.165, 1.54) is 26.0 Å². The lowest BCUT2D eigenvalue weighted by Gasteiger charge is -2.14. The van der Waals surface area contributed by atoms with E-state index in [0.717, 1.165) is 9.79 Å². The summed E-state index contributed by atoms with van der Waals surface area (Å²) in [4.78, 5) is 27.1. The van der Waals surface area contributed by atoms with E-state index in [9.17, 15) is 9.59 Å². The van der Waals surface area contributed by atoms with Gasteiger partial charge in [0, 0.05) is 21.4 Å². The largest absolute Gasteiger partial charge is 0.495 e. The standard InChI is InChI=1S/C22H17ClN2O4S/c1-28-17-11-18(29-2)15(10-14(17)23)24-21(26)12-7-8-20-16(9-12)25-22(27)13-5-3-4-6-19(13)30-20/h3-11H,1-2H3,(H,24,26)(H,25,27). The number of carbonyl (C=O) groups excluding carboxylic acids is 2. The van der Waals surface area contributed by atoms with E-state index in [1.807, 2.05) is 24.3 Å². The van der Waals surface area contributed by atoms with Crippen LogP contribution in [-0.4, -0.2) is 26.0 Å². The van der Waals surface area contributed by atoms with E-state index in [2.05, 4.69) is 10.6 Å². The highest BCUT2D eigenvalue weighted by molar-refractivity contribution is 7.99. The van der Waals surface area contributed by atoms with Crippen molar-refractivity contribution in [3.8, 4) is 11.5 Å². The number of hydrogen-bond acceptors (Lipinski definition) is 5. The topological polar surface area (TPSA) is 76.7 Å². The summed E-state index contributed by atoms with van der Waals surface area (Å²) in [6.07, 6.45) is 0. The van der Waals surface area contributed by atoms with Gasteiger partial charge in [-0.2, -0.15) is 0 Å². The summed E-state index contributed by atoms with van der Waals surface area (Å²) >= 11 is 7.66. The van der Waals surface area contributed by atoms with Gasteiger partial charge in [0.15, 0.2) is 0 Å². The van der Waals surface area contributed by atoms with Crippen molar-refractivity contribution < 1.29 is 19.1 Å². The molecule has 0 fully saturated rings. The quantitative estimate of drug-likeness (QED) is 0.573. The van der Waals surface area contributed by atoms with Crippen molar-refractivity contribution in [1.29, 1.82) is 0 Å². The Morgan fingerprint density at radius 1 is 1.00 bits per heavy atom. The number of benzene rings is 3. The Labute approximate surface area is 182 Å². The third-order valence-corrected chi connectivity index (χ3v) is 6.01. The van der Waals surface area contributed by atoms with Gasteiger partial charge in [0.25, 0.3) is 11.8 Å². The van der Waals surface area contributed by atoms with Crippen LogP contribution >= 0.6 is 23.4 Å². The first-order valence-corrected chi connectivity index (χ1v) is 10.1. The molecule has 8 heteroatoms. The van der Waals surface area contributed by atoms with Crippen LogP contribution in [0.3, 0.4) is 0 Å². The lowest BCUT2D eigenvalue weighted by atomic mass is 10.1. The zero-order chi connectivity index (χ0) is 21.3. The van der Waals surface area contributed by atoms with Crippen LogP contribution < -0.4 is 20.1 Å². The lowest BCUT2D eigenvalue weighted by Crippen LogP contribution is -2.15. The number of methoxy groups -OCH3 is 2. The van der Waals surface area contributed by atoms with E-state index >= 15 is 0 Å². The molecule has 30 heavy (non-hydrogen) atoms. The Balaban J connectivity index is 1.62. The second-order valence-corrected chi connectivity index (χ2v) is 7.90. The average molecular weight is 441 g/mol. The first kappa shape index (κ1) is 20.1. The zero-order valence-corrected chi connectivity index (χ0v) is 17.7. The molecule has 0 atom stereocenters. The summed E-state index contributed by atoms with van der Waals surface area (Å²) in [5.74, 6) is 0.283. The average Bonchev–Trinajstić information content (AvgIpc) is 2.89. The van der Waals surface area contributed by atoms with Crippen molar-refractivity contribution in [3.05, 3.63) is 70.7 Å². The van der Waals surface area contributed by atoms with Gasteiger partial charge < -0.3 is 20.1 Å². The number of halogens is 1. The van der Waals surface area contributed by atoms with Crippen LogP contribution in [-0.2, 0) is 0 Å². The van der Waals surface area contributed by atoms with Crippen LogP contribution in [0.15, 0.2) is 64.4 Å². The SMILES string of the molecule is COc1cc(OC)c(NC(=O)c2ccc3c(c2)NC(=O)c2ccccc2S3)cc1Cl. The van der Waals surface area contributed by atoms with Gasteiger partial charge in [-0.05, 0) is 36.4 Å². The summed E-state index contributed by atoms with van der Waals surface area (Å²) in [7, 11) is 2.99. The van der Waals surface area contributed by atoms with Crippen molar-refractivity contribution in [2.75, 3.05) is 24.9 Å². The summed E-state index contributed by atoms with van der Waals surface area (Å²) < 4.78 is 10.5. The Hall–Kier alpha value is -3.16. The molecule has 2 amide bonds. The first-order valence-electron chi connectivity index (χ1n) is 8.95. The second-order valence-electron chi connectivity index (χ2n) is 6.40. The Morgan fingerprint density at radius 2 is 1.77 bits per heavy atom. The highest BCUT2D eigenvalue weighted by Crippen LogP contribution is 2.40. The molecule has 1 heterocycles. The van der Waals surface area contributed by atoms with Crippen LogP contribution in [0.2, 0.25) is 5.02 Å². The maximum atomic E-state index is 12.9. The second kappa shape index (κ2) is 8.30. The van der Waals surface area contributed by atoms with Crippen molar-refractivity contribution in [2.24, 2.45) is 0 Å². The molecular formula is C22H17ClN2O4S. The molecule has 152 valence electrons. The van der Waals surface area contributed by atoms with Gasteiger partial charge in [-0.3, -0.25) is 9.59 Å². The van der Waals surface area contributed by atoms with Crippen molar-refractivity contribution in [3.63, 3.8) is 0 Å². The normalized spacial score (nSPS) is 12.2. The third kappa shape index (κ3) is 3.81. The molecule has 6 nitrogen and oxygen atoms in total. The van der Waals surface area contributed by atoms with Gasteiger partial charge in [0.2, 0.25) is 0 Å². The summed E-state index contributed by atoms with van der Waals surface area (Å²) in [6.45, 7) is 0. The summed E-state index contributed by atoms with van der Waals surface area (Å²) in [6, 6.07) is 15.7. The van der Waals surface area contributed by atoms with E-state index in [0.29, 0.717) is 39.0 Å². The van der Waals surface area contributed by atoms with Gasteiger partial charge in [0.1, 0.15) is 11.5 Å². The van der Waals surface area contributed by atoms with Gasteiger partial charge >= 0.3 is 0 Å². The smallest absolute Gasteiger partial charge is 0.256 e. The molecule has 0 unspecified atom stereocenters. The summed E-state index contributed by atoms with van der Waals surface area (Å²) in [5, 5.41) is 6.02. The number of fused-ring (bicyclic) bond motifs is 2. The molecule has 0 aliphatic carbocycles. The van der Waals surface area contributed by atoms with Crippen LogP contribution in [0.1, 0.15) is 20.7 Å². The van der Waals surface area contributed by atoms with Gasteiger partial charge in [-0.25, -0.2) is 0 Å². The number of anilines is 2. The predicted molar refractivity (Wildman–Crippen MR) is 117 cm³/mol. The zero-order valence-electron chi connectivity index (χ0n) is 16.1. The molecule has 1 aliphatic heterocycles. The Kier molecular flexibility index (Phi) is 5.57. The fourth-order valence-corrected chi connectivity index (χ4v) is 4.31. The molecule has 0 saturated heterocycles. The number of nitrogens with one attached hydrogen (secondary N) is 2. The molecular weight excluding hydrogens is 424 g/mol. The Morgan fingerprint density at radius 3 is 2.53 bits per heavy atom. The molecule has 0 aromatic heterocycles. The maximum absolute atomic E-state index is 12.9. The molecule has 0 bridgehead atoms. The molecule has 3 aromatic rings. The van der Waals surface area contributed by atoms with E-state index < -0.39 is 0 Å². The highest BCUT2D eigenvalue weighted by atomic mass is 35.5. The van der Waals surface area contributed by atoms with Gasteiger partial charge in [0.05, 0.1) is 36.2 Å². The highest BCUT2D eigenvalue weighted by Gasteiger charge is 2.21. The van der Waals surface area contributed by atoms with Crippen LogP contribution in [0, 0.1) is 0 Å². The first-order chi connectivity index (χ1) is 14.5.